The van der Waals surface area contributed by atoms with Crippen molar-refractivity contribution in [2.75, 3.05) is 0 Å². The van der Waals surface area contributed by atoms with Crippen LogP contribution in [0.1, 0.15) is 22.3 Å². The predicted molar refractivity (Wildman–Crippen MR) is 94.5 cm³/mol. The van der Waals surface area contributed by atoms with Crippen molar-refractivity contribution in [1.29, 1.82) is 0 Å². The highest BCUT2D eigenvalue weighted by Crippen LogP contribution is 2.27. The topological polar surface area (TPSA) is 12.9 Å². The largest absolute Gasteiger partial charge is 0.256 e. The highest BCUT2D eigenvalue weighted by molar-refractivity contribution is 5.80. The quantitative estimate of drug-likeness (QED) is 0.576. The van der Waals surface area contributed by atoms with E-state index < -0.39 is 0 Å². The number of aryl methyl sites for hydroxylation is 2. The Labute approximate surface area is 132 Å². The molecule has 108 valence electrons. The molecule has 0 N–H and O–H groups in total. The summed E-state index contributed by atoms with van der Waals surface area (Å²) in [6.07, 6.45) is 6.17. The third kappa shape index (κ3) is 3.15. The molecule has 0 aliphatic rings. The minimum Gasteiger partial charge on any atom is -0.256 e. The molecule has 3 aromatic rings. The summed E-state index contributed by atoms with van der Waals surface area (Å²) in [5.74, 6) is 0. The third-order valence-corrected chi connectivity index (χ3v) is 3.73. The van der Waals surface area contributed by atoms with Crippen LogP contribution in [0.2, 0.25) is 0 Å². The number of nitrogens with zero attached hydrogens (tertiary/aromatic N) is 1. The Hall–Kier alpha value is -2.67. The van der Waals surface area contributed by atoms with E-state index in [1.807, 2.05) is 18.3 Å². The van der Waals surface area contributed by atoms with Crippen molar-refractivity contribution in [3.05, 3.63) is 89.1 Å². The van der Waals surface area contributed by atoms with Crippen LogP contribution in [0.4, 0.5) is 0 Å². The van der Waals surface area contributed by atoms with Crippen LogP contribution in [-0.4, -0.2) is 4.98 Å². The van der Waals surface area contributed by atoms with Crippen LogP contribution in [0.25, 0.3) is 23.4 Å². The molecule has 0 aliphatic heterocycles. The number of aromatic nitrogens is 1. The second-order valence-corrected chi connectivity index (χ2v) is 5.50. The van der Waals surface area contributed by atoms with Gasteiger partial charge in [0.2, 0.25) is 0 Å². The van der Waals surface area contributed by atoms with Crippen LogP contribution < -0.4 is 0 Å². The zero-order valence-corrected chi connectivity index (χ0v) is 13.0. The summed E-state index contributed by atoms with van der Waals surface area (Å²) >= 11 is 0. The Balaban J connectivity index is 2.06. The summed E-state index contributed by atoms with van der Waals surface area (Å²) in [4.78, 5) is 4.57. The van der Waals surface area contributed by atoms with Gasteiger partial charge in [0.25, 0.3) is 0 Å². The highest BCUT2D eigenvalue weighted by atomic mass is 14.7. The van der Waals surface area contributed by atoms with E-state index in [0.29, 0.717) is 0 Å². The normalized spacial score (nSPS) is 11.0. The van der Waals surface area contributed by atoms with Crippen molar-refractivity contribution in [2.24, 2.45) is 0 Å². The molecule has 0 saturated heterocycles. The minimum atomic E-state index is 1.05. The van der Waals surface area contributed by atoms with E-state index in [4.69, 9.17) is 0 Å². The SMILES string of the molecule is Cc1ccc(/C=C/c2ccccc2)c(-c2ncccc2C)c1. The van der Waals surface area contributed by atoms with Gasteiger partial charge in [0.15, 0.2) is 0 Å². The van der Waals surface area contributed by atoms with Crippen LogP contribution in [0.3, 0.4) is 0 Å². The number of rotatable bonds is 3. The zero-order chi connectivity index (χ0) is 15.4. The lowest BCUT2D eigenvalue weighted by Crippen LogP contribution is -1.91. The molecule has 1 heterocycles. The van der Waals surface area contributed by atoms with Crippen LogP contribution in [0.15, 0.2) is 66.9 Å². The molecule has 0 radical (unpaired) electrons. The Morgan fingerprint density at radius 3 is 2.41 bits per heavy atom. The van der Waals surface area contributed by atoms with Gasteiger partial charge in [-0.1, -0.05) is 66.2 Å². The van der Waals surface area contributed by atoms with Gasteiger partial charge in [0.1, 0.15) is 0 Å². The van der Waals surface area contributed by atoms with E-state index >= 15 is 0 Å². The average Bonchev–Trinajstić information content (AvgIpc) is 2.55. The second kappa shape index (κ2) is 6.40. The first-order chi connectivity index (χ1) is 10.7. The second-order valence-electron chi connectivity index (χ2n) is 5.50. The lowest BCUT2D eigenvalue weighted by atomic mass is 9.98. The Morgan fingerprint density at radius 1 is 0.818 bits per heavy atom. The monoisotopic (exact) mass is 285 g/mol. The lowest BCUT2D eigenvalue weighted by Gasteiger charge is -2.09. The van der Waals surface area contributed by atoms with Crippen molar-refractivity contribution in [1.82, 2.24) is 4.98 Å². The molecular weight excluding hydrogens is 266 g/mol. The number of pyridine rings is 1. The maximum absolute atomic E-state index is 4.57. The molecule has 1 nitrogen and oxygen atoms in total. The van der Waals surface area contributed by atoms with Crippen molar-refractivity contribution < 1.29 is 0 Å². The van der Waals surface area contributed by atoms with E-state index in [-0.39, 0.29) is 0 Å². The Bertz CT molecular complexity index is 801. The van der Waals surface area contributed by atoms with Gasteiger partial charge in [0, 0.05) is 11.8 Å². The smallest absolute Gasteiger partial charge is 0.0737 e. The molecule has 2 aromatic carbocycles. The van der Waals surface area contributed by atoms with Gasteiger partial charge in [-0.2, -0.15) is 0 Å². The summed E-state index contributed by atoms with van der Waals surface area (Å²) in [6, 6.07) is 21.0. The number of benzene rings is 2. The van der Waals surface area contributed by atoms with Gasteiger partial charge >= 0.3 is 0 Å². The summed E-state index contributed by atoms with van der Waals surface area (Å²) in [5.41, 5.74) is 7.08. The van der Waals surface area contributed by atoms with Crippen molar-refractivity contribution in [3.8, 4) is 11.3 Å². The fraction of sp³-hybridized carbons (Fsp3) is 0.0952. The van der Waals surface area contributed by atoms with Crippen molar-refractivity contribution >= 4 is 12.2 Å². The van der Waals surface area contributed by atoms with Crippen LogP contribution in [-0.2, 0) is 0 Å². The van der Waals surface area contributed by atoms with E-state index in [0.717, 1.165) is 5.69 Å². The Kier molecular flexibility index (Phi) is 4.15. The van der Waals surface area contributed by atoms with E-state index in [2.05, 4.69) is 79.5 Å². The molecule has 1 aromatic heterocycles. The standard InChI is InChI=1S/C21H19N/c1-16-10-12-19(13-11-18-8-4-3-5-9-18)20(15-16)21-17(2)7-6-14-22-21/h3-15H,1-2H3/b13-11+. The first kappa shape index (κ1) is 14.3. The molecule has 0 atom stereocenters. The molecule has 0 bridgehead atoms. The van der Waals surface area contributed by atoms with E-state index in [9.17, 15) is 0 Å². The van der Waals surface area contributed by atoms with Crippen molar-refractivity contribution in [2.45, 2.75) is 13.8 Å². The lowest BCUT2D eigenvalue weighted by molar-refractivity contribution is 1.26. The summed E-state index contributed by atoms with van der Waals surface area (Å²) in [5, 5.41) is 0. The number of hydrogen-bond donors (Lipinski definition) is 0. The molecule has 0 unspecified atom stereocenters. The number of hydrogen-bond acceptors (Lipinski definition) is 1. The van der Waals surface area contributed by atoms with Gasteiger partial charge in [-0.15, -0.1) is 0 Å². The van der Waals surface area contributed by atoms with Crippen LogP contribution in [0.5, 0.6) is 0 Å². The summed E-state index contributed by atoms with van der Waals surface area (Å²) in [7, 11) is 0. The van der Waals surface area contributed by atoms with Crippen LogP contribution in [0, 0.1) is 13.8 Å². The van der Waals surface area contributed by atoms with E-state index in [1.54, 1.807) is 0 Å². The van der Waals surface area contributed by atoms with Gasteiger partial charge in [-0.25, -0.2) is 0 Å². The third-order valence-electron chi connectivity index (χ3n) is 3.73. The molecule has 0 amide bonds. The van der Waals surface area contributed by atoms with Crippen molar-refractivity contribution in [3.63, 3.8) is 0 Å². The van der Waals surface area contributed by atoms with E-state index in [1.165, 1.54) is 27.8 Å². The van der Waals surface area contributed by atoms with Gasteiger partial charge < -0.3 is 0 Å². The molecule has 0 aliphatic carbocycles. The first-order valence-electron chi connectivity index (χ1n) is 7.50. The van der Waals surface area contributed by atoms with Gasteiger partial charge in [0.05, 0.1) is 5.69 Å². The van der Waals surface area contributed by atoms with Gasteiger partial charge in [-0.05, 0) is 42.7 Å². The Morgan fingerprint density at radius 2 is 1.64 bits per heavy atom. The van der Waals surface area contributed by atoms with Crippen LogP contribution >= 0.6 is 0 Å². The molecule has 1 heteroatoms. The maximum atomic E-state index is 4.57. The highest BCUT2D eigenvalue weighted by Gasteiger charge is 2.07. The summed E-state index contributed by atoms with van der Waals surface area (Å²) < 4.78 is 0. The zero-order valence-electron chi connectivity index (χ0n) is 13.0. The first-order valence-corrected chi connectivity index (χ1v) is 7.50. The van der Waals surface area contributed by atoms with Gasteiger partial charge in [-0.3, -0.25) is 4.98 Å². The fourth-order valence-electron chi connectivity index (χ4n) is 2.54. The average molecular weight is 285 g/mol. The minimum absolute atomic E-state index is 1.05. The molecule has 0 saturated carbocycles. The predicted octanol–water partition coefficient (Wildman–Crippen LogP) is 5.54. The molecule has 3 rings (SSSR count). The summed E-state index contributed by atoms with van der Waals surface area (Å²) in [6.45, 7) is 4.22. The molecule has 0 fully saturated rings. The molecule has 0 spiro atoms. The molecular formula is C21H19N. The molecule has 22 heavy (non-hydrogen) atoms. The fourth-order valence-corrected chi connectivity index (χ4v) is 2.54. The maximum Gasteiger partial charge on any atom is 0.0737 e.